The van der Waals surface area contributed by atoms with Crippen LogP contribution in [0.4, 0.5) is 5.69 Å². The molecule has 1 rings (SSSR count). The lowest BCUT2D eigenvalue weighted by Crippen LogP contribution is -2.22. The Hall–Kier alpha value is -1.11. The minimum Gasteiger partial charge on any atom is -0.385 e. The quantitative estimate of drug-likeness (QED) is 0.732. The Labute approximate surface area is 128 Å². The second-order valence-electron chi connectivity index (χ2n) is 5.42. The standard InChI is InChI=1S/C15H27N3O2S/c1-4-5-13(10-11-16)12-17-14-6-8-15(9-7-14)21(19,20)18(2)3/h6-9,13,17H,4-5,10-12,16H2,1-3H3. The summed E-state index contributed by atoms with van der Waals surface area (Å²) in [5.41, 5.74) is 6.56. The van der Waals surface area contributed by atoms with Crippen molar-refractivity contribution < 1.29 is 8.42 Å². The topological polar surface area (TPSA) is 75.4 Å². The van der Waals surface area contributed by atoms with Crippen molar-refractivity contribution in [1.29, 1.82) is 0 Å². The maximum atomic E-state index is 12.0. The van der Waals surface area contributed by atoms with Gasteiger partial charge in [-0.15, -0.1) is 0 Å². The Balaban J connectivity index is 2.67. The predicted molar refractivity (Wildman–Crippen MR) is 87.9 cm³/mol. The van der Waals surface area contributed by atoms with Crippen molar-refractivity contribution in [2.75, 3.05) is 32.5 Å². The van der Waals surface area contributed by atoms with Crippen LogP contribution in [-0.4, -0.2) is 39.9 Å². The van der Waals surface area contributed by atoms with Gasteiger partial charge in [0, 0.05) is 26.3 Å². The molecule has 0 aliphatic heterocycles. The molecule has 3 N–H and O–H groups in total. The van der Waals surface area contributed by atoms with E-state index in [1.165, 1.54) is 18.4 Å². The molecule has 0 aromatic heterocycles. The first kappa shape index (κ1) is 17.9. The summed E-state index contributed by atoms with van der Waals surface area (Å²) in [5, 5.41) is 3.36. The van der Waals surface area contributed by atoms with Crippen LogP contribution in [0, 0.1) is 5.92 Å². The molecule has 0 spiro atoms. The summed E-state index contributed by atoms with van der Waals surface area (Å²) in [6.07, 6.45) is 3.30. The average molecular weight is 313 g/mol. The molecule has 0 bridgehead atoms. The highest BCUT2D eigenvalue weighted by molar-refractivity contribution is 7.89. The lowest BCUT2D eigenvalue weighted by Gasteiger charge is -2.17. The fraction of sp³-hybridized carbons (Fsp3) is 0.600. The van der Waals surface area contributed by atoms with Gasteiger partial charge in [-0.1, -0.05) is 13.3 Å². The highest BCUT2D eigenvalue weighted by atomic mass is 32.2. The molecule has 1 aromatic carbocycles. The molecule has 0 saturated heterocycles. The maximum absolute atomic E-state index is 12.0. The molecule has 0 heterocycles. The van der Waals surface area contributed by atoms with E-state index in [9.17, 15) is 8.42 Å². The van der Waals surface area contributed by atoms with E-state index in [-0.39, 0.29) is 0 Å². The zero-order valence-electron chi connectivity index (χ0n) is 13.2. The van der Waals surface area contributed by atoms with Gasteiger partial charge in [0.1, 0.15) is 0 Å². The van der Waals surface area contributed by atoms with Gasteiger partial charge in [-0.3, -0.25) is 0 Å². The largest absolute Gasteiger partial charge is 0.385 e. The van der Waals surface area contributed by atoms with Crippen LogP contribution in [0.5, 0.6) is 0 Å². The summed E-state index contributed by atoms with van der Waals surface area (Å²) in [7, 11) is -0.290. The molecule has 120 valence electrons. The Kier molecular flexibility index (Phi) is 7.14. The molecular weight excluding hydrogens is 286 g/mol. The molecular formula is C15H27N3O2S. The Bertz CT molecular complexity index is 506. The molecule has 0 saturated carbocycles. The zero-order valence-corrected chi connectivity index (χ0v) is 14.0. The van der Waals surface area contributed by atoms with Crippen LogP contribution in [0.2, 0.25) is 0 Å². The van der Waals surface area contributed by atoms with E-state index in [4.69, 9.17) is 5.73 Å². The Morgan fingerprint density at radius 1 is 1.19 bits per heavy atom. The fourth-order valence-corrected chi connectivity index (χ4v) is 3.11. The predicted octanol–water partition coefficient (Wildman–Crippen LogP) is 2.11. The van der Waals surface area contributed by atoms with E-state index in [0.29, 0.717) is 17.4 Å². The summed E-state index contributed by atoms with van der Waals surface area (Å²) < 4.78 is 25.2. The van der Waals surface area contributed by atoms with Crippen LogP contribution < -0.4 is 11.1 Å². The van der Waals surface area contributed by atoms with Crippen molar-refractivity contribution in [3.05, 3.63) is 24.3 Å². The van der Waals surface area contributed by atoms with Crippen LogP contribution in [0.1, 0.15) is 26.2 Å². The molecule has 0 amide bonds. The number of nitrogens with one attached hydrogen (secondary N) is 1. The van der Waals surface area contributed by atoms with Gasteiger partial charge in [-0.05, 0) is 49.6 Å². The van der Waals surface area contributed by atoms with Gasteiger partial charge in [-0.25, -0.2) is 12.7 Å². The number of nitrogens with zero attached hydrogens (tertiary/aromatic N) is 1. The first-order valence-corrected chi connectivity index (χ1v) is 8.82. The minimum atomic E-state index is -3.35. The lowest BCUT2D eigenvalue weighted by atomic mass is 10.00. The number of rotatable bonds is 9. The second-order valence-corrected chi connectivity index (χ2v) is 7.58. The molecule has 0 radical (unpaired) electrons. The molecule has 21 heavy (non-hydrogen) atoms. The second kappa shape index (κ2) is 8.36. The van der Waals surface area contributed by atoms with Crippen LogP contribution in [-0.2, 0) is 10.0 Å². The first-order valence-electron chi connectivity index (χ1n) is 7.38. The maximum Gasteiger partial charge on any atom is 0.242 e. The fourth-order valence-electron chi connectivity index (χ4n) is 2.21. The van der Waals surface area contributed by atoms with Crippen LogP contribution in [0.25, 0.3) is 0 Å². The van der Waals surface area contributed by atoms with Gasteiger partial charge in [0.25, 0.3) is 0 Å². The smallest absolute Gasteiger partial charge is 0.242 e. The number of hydrogen-bond acceptors (Lipinski definition) is 4. The Morgan fingerprint density at radius 2 is 1.81 bits per heavy atom. The van der Waals surface area contributed by atoms with E-state index in [2.05, 4.69) is 12.2 Å². The first-order chi connectivity index (χ1) is 9.91. The van der Waals surface area contributed by atoms with Crippen LogP contribution >= 0.6 is 0 Å². The summed E-state index contributed by atoms with van der Waals surface area (Å²) in [6.45, 7) is 3.74. The Morgan fingerprint density at radius 3 is 2.29 bits per heavy atom. The lowest BCUT2D eigenvalue weighted by molar-refractivity contribution is 0.473. The third-order valence-corrected chi connectivity index (χ3v) is 5.33. The van der Waals surface area contributed by atoms with Crippen LogP contribution in [0.3, 0.4) is 0 Å². The minimum absolute atomic E-state index is 0.310. The molecule has 0 aliphatic carbocycles. The highest BCUT2D eigenvalue weighted by Crippen LogP contribution is 2.18. The van der Waals surface area contributed by atoms with Crippen molar-refractivity contribution in [2.24, 2.45) is 11.7 Å². The van der Waals surface area contributed by atoms with E-state index in [1.54, 1.807) is 12.1 Å². The van der Waals surface area contributed by atoms with Crippen molar-refractivity contribution in [2.45, 2.75) is 31.1 Å². The van der Waals surface area contributed by atoms with E-state index >= 15 is 0 Å². The van der Waals surface area contributed by atoms with Crippen molar-refractivity contribution in [3.63, 3.8) is 0 Å². The van der Waals surface area contributed by atoms with Gasteiger partial charge in [0.05, 0.1) is 4.90 Å². The average Bonchev–Trinajstić information content (AvgIpc) is 2.45. The van der Waals surface area contributed by atoms with Gasteiger partial charge in [-0.2, -0.15) is 0 Å². The van der Waals surface area contributed by atoms with Crippen LogP contribution in [0.15, 0.2) is 29.2 Å². The summed E-state index contributed by atoms with van der Waals surface area (Å²) in [4.78, 5) is 0.310. The van der Waals surface area contributed by atoms with Gasteiger partial charge < -0.3 is 11.1 Å². The number of anilines is 1. The monoisotopic (exact) mass is 313 g/mol. The molecule has 1 unspecified atom stereocenters. The van der Waals surface area contributed by atoms with Crippen molar-refractivity contribution in [3.8, 4) is 0 Å². The van der Waals surface area contributed by atoms with Gasteiger partial charge >= 0.3 is 0 Å². The molecule has 0 fully saturated rings. The summed E-state index contributed by atoms with van der Waals surface area (Å²) in [6, 6.07) is 6.88. The third-order valence-electron chi connectivity index (χ3n) is 3.50. The van der Waals surface area contributed by atoms with Crippen molar-refractivity contribution >= 4 is 15.7 Å². The number of nitrogens with two attached hydrogens (primary N) is 1. The highest BCUT2D eigenvalue weighted by Gasteiger charge is 2.16. The van der Waals surface area contributed by atoms with E-state index < -0.39 is 10.0 Å². The normalized spacial score (nSPS) is 13.4. The van der Waals surface area contributed by atoms with E-state index in [0.717, 1.165) is 31.5 Å². The summed E-state index contributed by atoms with van der Waals surface area (Å²) >= 11 is 0. The van der Waals surface area contributed by atoms with Gasteiger partial charge in [0.15, 0.2) is 0 Å². The van der Waals surface area contributed by atoms with Crippen molar-refractivity contribution in [1.82, 2.24) is 4.31 Å². The molecule has 0 aliphatic rings. The van der Waals surface area contributed by atoms with Gasteiger partial charge in [0.2, 0.25) is 10.0 Å². The van der Waals surface area contributed by atoms with E-state index in [1.807, 2.05) is 12.1 Å². The SMILES string of the molecule is CCCC(CCN)CNc1ccc(S(=O)(=O)N(C)C)cc1. The molecule has 1 aromatic rings. The molecule has 5 nitrogen and oxygen atoms in total. The molecule has 6 heteroatoms. The zero-order chi connectivity index (χ0) is 15.9. The number of sulfonamides is 1. The molecule has 1 atom stereocenters. The summed E-state index contributed by atoms with van der Waals surface area (Å²) in [5.74, 6) is 0.560. The third kappa shape index (κ3) is 5.30. The number of hydrogen-bond donors (Lipinski definition) is 2. The number of benzene rings is 1.